The Balaban J connectivity index is 1.50. The zero-order valence-corrected chi connectivity index (χ0v) is 23.8. The van der Waals surface area contributed by atoms with E-state index in [2.05, 4.69) is 28.9 Å². The monoisotopic (exact) mass is 570 g/mol. The van der Waals surface area contributed by atoms with E-state index < -0.39 is 11.9 Å². The van der Waals surface area contributed by atoms with Gasteiger partial charge in [-0.1, -0.05) is 30.8 Å². The van der Waals surface area contributed by atoms with Gasteiger partial charge in [-0.05, 0) is 74.4 Å². The predicted octanol–water partition coefficient (Wildman–Crippen LogP) is 5.73. The van der Waals surface area contributed by atoms with Gasteiger partial charge in [-0.25, -0.2) is 4.79 Å². The summed E-state index contributed by atoms with van der Waals surface area (Å²) in [6, 6.07) is 19.6. The van der Waals surface area contributed by atoms with Crippen molar-refractivity contribution in [1.29, 1.82) is 5.26 Å². The summed E-state index contributed by atoms with van der Waals surface area (Å²) in [5, 5.41) is 19.5. The molecule has 10 heteroatoms. The van der Waals surface area contributed by atoms with Crippen molar-refractivity contribution in [2.75, 3.05) is 23.0 Å². The van der Waals surface area contributed by atoms with Crippen molar-refractivity contribution < 1.29 is 23.5 Å². The lowest BCUT2D eigenvalue weighted by Gasteiger charge is -2.28. The Morgan fingerprint density at radius 1 is 1.02 bits per heavy atom. The third kappa shape index (κ3) is 7.07. The fourth-order valence-electron chi connectivity index (χ4n) is 4.33. The molecule has 2 heterocycles. The molecule has 1 aliphatic rings. The van der Waals surface area contributed by atoms with Crippen LogP contribution >= 0.6 is 11.8 Å². The second-order valence-electron chi connectivity index (χ2n) is 9.11. The van der Waals surface area contributed by atoms with E-state index in [0.717, 1.165) is 23.7 Å². The molecule has 1 aliphatic heterocycles. The van der Waals surface area contributed by atoms with E-state index in [1.54, 1.807) is 50.2 Å². The van der Waals surface area contributed by atoms with Crippen LogP contribution in [0.3, 0.4) is 0 Å². The van der Waals surface area contributed by atoms with Crippen molar-refractivity contribution in [3.05, 3.63) is 106 Å². The van der Waals surface area contributed by atoms with Crippen LogP contribution < -0.4 is 16.0 Å². The van der Waals surface area contributed by atoms with E-state index in [4.69, 9.17) is 9.15 Å². The number of furan rings is 1. The highest BCUT2D eigenvalue weighted by atomic mass is 32.2. The minimum Gasteiger partial charge on any atom is -0.468 e. The number of esters is 1. The number of aryl methyl sites for hydroxylation is 1. The Kier molecular flexibility index (Phi) is 9.66. The summed E-state index contributed by atoms with van der Waals surface area (Å²) in [5.41, 5.74) is 3.87. The number of allylic oxidation sites excluding steroid dienone is 2. The first kappa shape index (κ1) is 29.2. The lowest BCUT2D eigenvalue weighted by atomic mass is 9.85. The number of thioether (sulfide) groups is 1. The average Bonchev–Trinajstić information content (AvgIpc) is 3.51. The number of nitriles is 1. The summed E-state index contributed by atoms with van der Waals surface area (Å²) in [5.74, 6) is -1.42. The third-order valence-corrected chi connectivity index (χ3v) is 7.38. The molecule has 3 N–H and O–H groups in total. The van der Waals surface area contributed by atoms with Crippen LogP contribution in [-0.2, 0) is 20.7 Å². The second kappa shape index (κ2) is 13.5. The molecule has 4 rings (SSSR count). The van der Waals surface area contributed by atoms with E-state index in [1.165, 1.54) is 6.26 Å². The van der Waals surface area contributed by atoms with Crippen LogP contribution in [0.5, 0.6) is 0 Å². The summed E-state index contributed by atoms with van der Waals surface area (Å²) < 4.78 is 10.6. The number of rotatable bonds is 10. The minimum atomic E-state index is -0.757. The molecule has 2 aromatic carbocycles. The number of hydrogen-bond donors (Lipinski definition) is 3. The third-order valence-electron chi connectivity index (χ3n) is 6.37. The summed E-state index contributed by atoms with van der Waals surface area (Å²) >= 11 is 1.15. The number of nitrogens with zero attached hydrogens (tertiary/aromatic N) is 1. The number of anilines is 2. The van der Waals surface area contributed by atoms with E-state index in [-0.39, 0.29) is 29.7 Å². The molecule has 0 aliphatic carbocycles. The molecule has 3 aromatic rings. The van der Waals surface area contributed by atoms with Gasteiger partial charge >= 0.3 is 5.97 Å². The van der Waals surface area contributed by atoms with Crippen molar-refractivity contribution in [2.24, 2.45) is 0 Å². The molecular weight excluding hydrogens is 540 g/mol. The van der Waals surface area contributed by atoms with Gasteiger partial charge in [-0.15, -0.1) is 0 Å². The average molecular weight is 571 g/mol. The number of carbonyl (C=O) groups excluding carboxylic acids is 3. The van der Waals surface area contributed by atoms with Gasteiger partial charge in [0.25, 0.3) is 5.91 Å². The minimum absolute atomic E-state index is 0.00337. The van der Waals surface area contributed by atoms with Crippen molar-refractivity contribution in [2.45, 2.75) is 33.1 Å². The maximum Gasteiger partial charge on any atom is 0.338 e. The Morgan fingerprint density at radius 2 is 1.71 bits per heavy atom. The summed E-state index contributed by atoms with van der Waals surface area (Å²) in [4.78, 5) is 38.1. The van der Waals surface area contributed by atoms with E-state index in [0.29, 0.717) is 39.0 Å². The maximum absolute atomic E-state index is 13.5. The van der Waals surface area contributed by atoms with Gasteiger partial charge in [0.15, 0.2) is 0 Å². The molecule has 2 amide bonds. The summed E-state index contributed by atoms with van der Waals surface area (Å²) in [7, 11) is 0. The number of nitrogens with one attached hydrogen (secondary N) is 3. The number of benzene rings is 2. The normalized spacial score (nSPS) is 14.6. The van der Waals surface area contributed by atoms with Crippen LogP contribution in [0.4, 0.5) is 11.4 Å². The highest BCUT2D eigenvalue weighted by Crippen LogP contribution is 2.41. The molecule has 0 saturated heterocycles. The summed E-state index contributed by atoms with van der Waals surface area (Å²) in [6.07, 6.45) is 2.38. The predicted molar refractivity (Wildman–Crippen MR) is 158 cm³/mol. The highest BCUT2D eigenvalue weighted by Gasteiger charge is 2.36. The highest BCUT2D eigenvalue weighted by molar-refractivity contribution is 8.03. The molecule has 0 spiro atoms. The van der Waals surface area contributed by atoms with Crippen molar-refractivity contribution in [1.82, 2.24) is 5.32 Å². The SMILES string of the molecule is CCOC(=O)c1ccc(NC(=O)CSC2=C(C#N)[C@@H](c3ccco3)C(C(=O)Nc3ccc(CC)cc3)=C(C)N2)cc1. The molecule has 9 nitrogen and oxygen atoms in total. The van der Waals surface area contributed by atoms with E-state index in [9.17, 15) is 19.6 Å². The first-order valence-corrected chi connectivity index (χ1v) is 14.1. The molecule has 1 atom stereocenters. The van der Waals surface area contributed by atoms with Gasteiger partial charge in [-0.2, -0.15) is 5.26 Å². The van der Waals surface area contributed by atoms with Gasteiger partial charge in [0.2, 0.25) is 5.91 Å². The number of carbonyl (C=O) groups is 3. The van der Waals surface area contributed by atoms with E-state index in [1.807, 2.05) is 24.3 Å². The summed E-state index contributed by atoms with van der Waals surface area (Å²) in [6.45, 7) is 5.82. The fraction of sp³-hybridized carbons (Fsp3) is 0.226. The lowest BCUT2D eigenvalue weighted by Crippen LogP contribution is -2.31. The number of dihydropyridines is 1. The molecule has 210 valence electrons. The number of hydrogen-bond acceptors (Lipinski definition) is 8. The maximum atomic E-state index is 13.5. The quantitative estimate of drug-likeness (QED) is 0.263. The van der Waals surface area contributed by atoms with Gasteiger partial charge < -0.3 is 25.1 Å². The molecule has 1 aromatic heterocycles. The van der Waals surface area contributed by atoms with Gasteiger partial charge in [0.1, 0.15) is 5.76 Å². The van der Waals surface area contributed by atoms with Crippen LogP contribution in [0, 0.1) is 11.3 Å². The largest absolute Gasteiger partial charge is 0.468 e. The van der Waals surface area contributed by atoms with Gasteiger partial charge in [0.05, 0.1) is 52.3 Å². The van der Waals surface area contributed by atoms with E-state index >= 15 is 0 Å². The molecular formula is C31H30N4O5S. The standard InChI is InChI=1S/C31H30N4O5S/c1-4-20-8-12-23(13-9-20)35-29(37)27-19(3)33-30(24(17-32)28(27)25-7-6-16-40-25)41-18-26(36)34-22-14-10-21(11-15-22)31(38)39-5-2/h6-16,28,33H,4-5,18H2,1-3H3,(H,34,36)(H,35,37)/t28-/m0/s1. The van der Waals surface area contributed by atoms with Crippen LogP contribution in [-0.4, -0.2) is 30.1 Å². The Morgan fingerprint density at radius 3 is 2.32 bits per heavy atom. The first-order chi connectivity index (χ1) is 19.8. The van der Waals surface area contributed by atoms with Crippen LogP contribution in [0.25, 0.3) is 0 Å². The fourth-order valence-corrected chi connectivity index (χ4v) is 5.22. The zero-order chi connectivity index (χ0) is 29.4. The molecule has 0 unspecified atom stereocenters. The molecule has 0 saturated carbocycles. The Bertz CT molecular complexity index is 1520. The van der Waals surface area contributed by atoms with Crippen molar-refractivity contribution >= 4 is 40.9 Å². The molecule has 0 radical (unpaired) electrons. The first-order valence-electron chi connectivity index (χ1n) is 13.1. The van der Waals surface area contributed by atoms with Crippen LogP contribution in [0.1, 0.15) is 48.4 Å². The van der Waals surface area contributed by atoms with Gasteiger partial charge in [0, 0.05) is 17.1 Å². The smallest absolute Gasteiger partial charge is 0.338 e. The molecule has 0 bridgehead atoms. The van der Waals surface area contributed by atoms with Crippen molar-refractivity contribution in [3.63, 3.8) is 0 Å². The van der Waals surface area contributed by atoms with Crippen molar-refractivity contribution in [3.8, 4) is 6.07 Å². The Labute approximate surface area is 242 Å². The Hall–Kier alpha value is -4.75. The van der Waals surface area contributed by atoms with Gasteiger partial charge in [-0.3, -0.25) is 9.59 Å². The lowest BCUT2D eigenvalue weighted by molar-refractivity contribution is -0.114. The number of ether oxygens (including phenoxy) is 1. The van der Waals surface area contributed by atoms with Crippen LogP contribution in [0.2, 0.25) is 0 Å². The zero-order valence-electron chi connectivity index (χ0n) is 22.9. The number of amides is 2. The molecule has 0 fully saturated rings. The second-order valence-corrected chi connectivity index (χ2v) is 10.1. The topological polar surface area (TPSA) is 133 Å². The molecule has 41 heavy (non-hydrogen) atoms. The van der Waals surface area contributed by atoms with Crippen LogP contribution in [0.15, 0.2) is 93.2 Å².